The molecular weight excluding hydrogens is 236 g/mol. The van der Waals surface area contributed by atoms with Crippen LogP contribution in [0.4, 0.5) is 5.69 Å². The van der Waals surface area contributed by atoms with Crippen LogP contribution in [0.1, 0.15) is 26.2 Å². The minimum Gasteiger partial charge on any atom is -0.330 e. The maximum atomic E-state index is 12.0. The summed E-state index contributed by atoms with van der Waals surface area (Å²) in [6, 6.07) is 7.33. The molecule has 17 heavy (non-hydrogen) atoms. The van der Waals surface area contributed by atoms with Gasteiger partial charge in [0, 0.05) is 23.7 Å². The number of benzene rings is 1. The van der Waals surface area contributed by atoms with Crippen molar-refractivity contribution in [3.05, 3.63) is 29.3 Å². The molecule has 0 atom stereocenters. The van der Waals surface area contributed by atoms with Crippen molar-refractivity contribution in [1.29, 1.82) is 0 Å². The third kappa shape index (κ3) is 4.36. The molecular formula is C13H19ClN2O. The van der Waals surface area contributed by atoms with Crippen molar-refractivity contribution in [3.63, 3.8) is 0 Å². The summed E-state index contributed by atoms with van der Waals surface area (Å²) >= 11 is 5.84. The van der Waals surface area contributed by atoms with Crippen LogP contribution in [0, 0.1) is 0 Å². The highest BCUT2D eigenvalue weighted by molar-refractivity contribution is 6.30. The highest BCUT2D eigenvalue weighted by Crippen LogP contribution is 2.19. The van der Waals surface area contributed by atoms with Crippen molar-refractivity contribution >= 4 is 23.2 Å². The highest BCUT2D eigenvalue weighted by Gasteiger charge is 2.13. The second-order valence-corrected chi connectivity index (χ2v) is 4.35. The number of anilines is 1. The maximum absolute atomic E-state index is 12.0. The molecule has 0 saturated heterocycles. The van der Waals surface area contributed by atoms with E-state index >= 15 is 0 Å². The Morgan fingerprint density at radius 1 is 1.35 bits per heavy atom. The second kappa shape index (κ2) is 7.30. The lowest BCUT2D eigenvalue weighted by Crippen LogP contribution is -2.32. The van der Waals surface area contributed by atoms with Crippen molar-refractivity contribution in [2.75, 3.05) is 18.0 Å². The van der Waals surface area contributed by atoms with Gasteiger partial charge in [-0.1, -0.05) is 18.5 Å². The smallest absolute Gasteiger partial charge is 0.226 e. The predicted molar refractivity (Wildman–Crippen MR) is 72.4 cm³/mol. The molecule has 0 heterocycles. The standard InChI is InChI=1S/C13H19ClN2O/c1-2-4-13(17)16(10-3-9-15)12-7-5-11(14)6-8-12/h5-8H,2-4,9-10,15H2,1H3. The van der Waals surface area contributed by atoms with Crippen molar-refractivity contribution in [3.8, 4) is 0 Å². The predicted octanol–water partition coefficient (Wildman–Crippen LogP) is 2.82. The summed E-state index contributed by atoms with van der Waals surface area (Å²) in [6.07, 6.45) is 2.22. The molecule has 0 aromatic heterocycles. The summed E-state index contributed by atoms with van der Waals surface area (Å²) in [5.74, 6) is 0.142. The molecule has 0 aliphatic rings. The van der Waals surface area contributed by atoms with Gasteiger partial charge in [0.1, 0.15) is 0 Å². The molecule has 94 valence electrons. The Balaban J connectivity index is 2.81. The Hall–Kier alpha value is -1.06. The molecule has 0 aliphatic carbocycles. The first kappa shape index (κ1) is 14.0. The fourth-order valence-electron chi connectivity index (χ4n) is 1.62. The van der Waals surface area contributed by atoms with Gasteiger partial charge in [0.2, 0.25) is 5.91 Å². The van der Waals surface area contributed by atoms with Crippen LogP contribution in [0.5, 0.6) is 0 Å². The average molecular weight is 255 g/mol. The monoisotopic (exact) mass is 254 g/mol. The molecule has 4 heteroatoms. The van der Waals surface area contributed by atoms with Crippen LogP contribution >= 0.6 is 11.6 Å². The van der Waals surface area contributed by atoms with Crippen molar-refractivity contribution in [2.45, 2.75) is 26.2 Å². The molecule has 0 radical (unpaired) electrons. The van der Waals surface area contributed by atoms with Crippen LogP contribution in [0.2, 0.25) is 5.02 Å². The highest BCUT2D eigenvalue weighted by atomic mass is 35.5. The number of rotatable bonds is 6. The largest absolute Gasteiger partial charge is 0.330 e. The lowest BCUT2D eigenvalue weighted by molar-refractivity contribution is -0.118. The SMILES string of the molecule is CCCC(=O)N(CCCN)c1ccc(Cl)cc1. The molecule has 1 aromatic carbocycles. The van der Waals surface area contributed by atoms with Crippen molar-refractivity contribution < 1.29 is 4.79 Å². The van der Waals surface area contributed by atoms with Gasteiger partial charge >= 0.3 is 0 Å². The van der Waals surface area contributed by atoms with E-state index in [9.17, 15) is 4.79 Å². The molecule has 0 unspecified atom stereocenters. The van der Waals surface area contributed by atoms with E-state index in [2.05, 4.69) is 0 Å². The molecule has 0 aliphatic heterocycles. The fourth-order valence-corrected chi connectivity index (χ4v) is 1.74. The third-order valence-corrected chi connectivity index (χ3v) is 2.74. The van der Waals surface area contributed by atoms with Gasteiger partial charge < -0.3 is 10.6 Å². The molecule has 0 bridgehead atoms. The van der Waals surface area contributed by atoms with Crippen LogP contribution < -0.4 is 10.6 Å². The van der Waals surface area contributed by atoms with E-state index in [-0.39, 0.29) is 5.91 Å². The second-order valence-electron chi connectivity index (χ2n) is 3.91. The number of halogens is 1. The van der Waals surface area contributed by atoms with E-state index in [1.165, 1.54) is 0 Å². The van der Waals surface area contributed by atoms with Crippen LogP contribution in [-0.2, 0) is 4.79 Å². The minimum absolute atomic E-state index is 0.142. The Kier molecular flexibility index (Phi) is 6.01. The van der Waals surface area contributed by atoms with E-state index in [1.807, 2.05) is 19.1 Å². The molecule has 0 fully saturated rings. The first-order chi connectivity index (χ1) is 8.19. The normalized spacial score (nSPS) is 10.3. The molecule has 1 amide bonds. The van der Waals surface area contributed by atoms with Gasteiger partial charge in [-0.05, 0) is 43.7 Å². The van der Waals surface area contributed by atoms with E-state index in [0.717, 1.165) is 18.5 Å². The van der Waals surface area contributed by atoms with Gasteiger partial charge in [-0.2, -0.15) is 0 Å². The molecule has 2 N–H and O–H groups in total. The number of hydrogen-bond acceptors (Lipinski definition) is 2. The Bertz CT molecular complexity index is 351. The number of carbonyl (C=O) groups is 1. The number of nitrogens with two attached hydrogens (primary N) is 1. The summed E-state index contributed by atoms with van der Waals surface area (Å²) in [7, 11) is 0. The van der Waals surface area contributed by atoms with Crippen LogP contribution in [0.15, 0.2) is 24.3 Å². The number of hydrogen-bond donors (Lipinski definition) is 1. The van der Waals surface area contributed by atoms with Gasteiger partial charge in [-0.25, -0.2) is 0 Å². The summed E-state index contributed by atoms with van der Waals surface area (Å²) in [4.78, 5) is 13.8. The molecule has 0 spiro atoms. The summed E-state index contributed by atoms with van der Waals surface area (Å²) in [6.45, 7) is 3.25. The first-order valence-corrected chi connectivity index (χ1v) is 6.32. The van der Waals surface area contributed by atoms with Gasteiger partial charge in [-0.3, -0.25) is 4.79 Å². The Labute approximate surface area is 108 Å². The minimum atomic E-state index is 0.142. The lowest BCUT2D eigenvalue weighted by Gasteiger charge is -2.22. The number of amides is 1. The average Bonchev–Trinajstić information content (AvgIpc) is 2.32. The summed E-state index contributed by atoms with van der Waals surface area (Å²) in [5.41, 5.74) is 6.38. The van der Waals surface area contributed by atoms with Crippen LogP contribution in [-0.4, -0.2) is 19.0 Å². The number of carbonyl (C=O) groups excluding carboxylic acids is 1. The van der Waals surface area contributed by atoms with Gasteiger partial charge in [0.15, 0.2) is 0 Å². The molecule has 1 aromatic rings. The van der Waals surface area contributed by atoms with Crippen molar-refractivity contribution in [2.24, 2.45) is 5.73 Å². The van der Waals surface area contributed by atoms with E-state index in [0.29, 0.717) is 24.5 Å². The molecule has 1 rings (SSSR count). The Morgan fingerprint density at radius 2 is 2.00 bits per heavy atom. The van der Waals surface area contributed by atoms with Crippen LogP contribution in [0.25, 0.3) is 0 Å². The first-order valence-electron chi connectivity index (χ1n) is 5.95. The maximum Gasteiger partial charge on any atom is 0.226 e. The van der Waals surface area contributed by atoms with E-state index in [4.69, 9.17) is 17.3 Å². The van der Waals surface area contributed by atoms with Gasteiger partial charge in [0.25, 0.3) is 0 Å². The molecule has 0 saturated carbocycles. The van der Waals surface area contributed by atoms with E-state index in [1.54, 1.807) is 17.0 Å². The summed E-state index contributed by atoms with van der Waals surface area (Å²) in [5, 5.41) is 0.676. The van der Waals surface area contributed by atoms with Gasteiger partial charge in [0.05, 0.1) is 0 Å². The van der Waals surface area contributed by atoms with Gasteiger partial charge in [-0.15, -0.1) is 0 Å². The lowest BCUT2D eigenvalue weighted by atomic mass is 10.2. The van der Waals surface area contributed by atoms with Crippen LogP contribution in [0.3, 0.4) is 0 Å². The van der Waals surface area contributed by atoms with Crippen molar-refractivity contribution in [1.82, 2.24) is 0 Å². The van der Waals surface area contributed by atoms with E-state index < -0.39 is 0 Å². The fraction of sp³-hybridized carbons (Fsp3) is 0.462. The summed E-state index contributed by atoms with van der Waals surface area (Å²) < 4.78 is 0. The zero-order chi connectivity index (χ0) is 12.7. The third-order valence-electron chi connectivity index (χ3n) is 2.49. The topological polar surface area (TPSA) is 46.3 Å². The Morgan fingerprint density at radius 3 is 2.53 bits per heavy atom. The quantitative estimate of drug-likeness (QED) is 0.849. The number of nitrogens with zero attached hydrogens (tertiary/aromatic N) is 1. The molecule has 3 nitrogen and oxygen atoms in total. The zero-order valence-corrected chi connectivity index (χ0v) is 10.9. The zero-order valence-electron chi connectivity index (χ0n) is 10.2.